The van der Waals surface area contributed by atoms with Crippen LogP contribution in [0.2, 0.25) is 0 Å². The fourth-order valence-corrected chi connectivity index (χ4v) is 2.42. The van der Waals surface area contributed by atoms with Crippen LogP contribution in [-0.2, 0) is 6.42 Å². The van der Waals surface area contributed by atoms with Crippen LogP contribution >= 0.6 is 22.6 Å². The lowest BCUT2D eigenvalue weighted by atomic mass is 10.1. The van der Waals surface area contributed by atoms with Crippen molar-refractivity contribution in [1.82, 2.24) is 5.32 Å². The summed E-state index contributed by atoms with van der Waals surface area (Å²) in [6, 6.07) is 13.4. The first kappa shape index (κ1) is 13.6. The lowest BCUT2D eigenvalue weighted by Crippen LogP contribution is -2.30. The molecule has 2 nitrogen and oxygen atoms in total. The molecule has 0 saturated carbocycles. The SMILES string of the molecule is CC(Cc1ccco1)NC(C)c1ccc(I)cc1. The third-order valence-electron chi connectivity index (χ3n) is 2.99. The molecule has 96 valence electrons. The van der Waals surface area contributed by atoms with Crippen molar-refractivity contribution in [3.63, 3.8) is 0 Å². The fourth-order valence-electron chi connectivity index (χ4n) is 2.06. The number of furan rings is 1. The summed E-state index contributed by atoms with van der Waals surface area (Å²) in [6.07, 6.45) is 2.65. The highest BCUT2D eigenvalue weighted by atomic mass is 127. The van der Waals surface area contributed by atoms with Gasteiger partial charge in [0.1, 0.15) is 5.76 Å². The van der Waals surface area contributed by atoms with Gasteiger partial charge in [-0.05, 0) is 66.3 Å². The first-order valence-electron chi connectivity index (χ1n) is 6.19. The smallest absolute Gasteiger partial charge is 0.105 e. The summed E-state index contributed by atoms with van der Waals surface area (Å²) in [5.74, 6) is 1.03. The Kier molecular flexibility index (Phi) is 4.83. The second-order valence-electron chi connectivity index (χ2n) is 4.62. The van der Waals surface area contributed by atoms with Crippen LogP contribution in [0.4, 0.5) is 0 Å². The summed E-state index contributed by atoms with van der Waals surface area (Å²) in [5.41, 5.74) is 1.32. The van der Waals surface area contributed by atoms with E-state index in [-0.39, 0.29) is 0 Å². The normalized spacial score (nSPS) is 14.4. The highest BCUT2D eigenvalue weighted by Gasteiger charge is 2.10. The number of hydrogen-bond acceptors (Lipinski definition) is 2. The topological polar surface area (TPSA) is 25.2 Å². The monoisotopic (exact) mass is 355 g/mol. The molecule has 0 fully saturated rings. The van der Waals surface area contributed by atoms with Gasteiger partial charge in [-0.1, -0.05) is 12.1 Å². The summed E-state index contributed by atoms with van der Waals surface area (Å²) >= 11 is 2.33. The molecule has 0 radical (unpaired) electrons. The van der Waals surface area contributed by atoms with E-state index in [0.29, 0.717) is 12.1 Å². The molecular formula is C15H18INO. The zero-order valence-electron chi connectivity index (χ0n) is 10.7. The Balaban J connectivity index is 1.90. The molecule has 2 rings (SSSR count). The van der Waals surface area contributed by atoms with Crippen molar-refractivity contribution in [3.8, 4) is 0 Å². The van der Waals surface area contributed by atoms with Crippen molar-refractivity contribution in [2.45, 2.75) is 32.4 Å². The predicted octanol–water partition coefficient (Wildman–Crippen LogP) is 4.17. The molecule has 0 spiro atoms. The number of hydrogen-bond donors (Lipinski definition) is 1. The molecular weight excluding hydrogens is 337 g/mol. The maximum atomic E-state index is 5.37. The zero-order valence-corrected chi connectivity index (χ0v) is 12.8. The summed E-state index contributed by atoms with van der Waals surface area (Å²) in [7, 11) is 0. The molecule has 1 aromatic heterocycles. The van der Waals surface area contributed by atoms with Crippen LogP contribution in [0.3, 0.4) is 0 Å². The van der Waals surface area contributed by atoms with E-state index in [9.17, 15) is 0 Å². The van der Waals surface area contributed by atoms with Crippen molar-refractivity contribution in [2.75, 3.05) is 0 Å². The van der Waals surface area contributed by atoms with E-state index in [2.05, 4.69) is 66.0 Å². The maximum absolute atomic E-state index is 5.37. The van der Waals surface area contributed by atoms with Crippen LogP contribution in [-0.4, -0.2) is 6.04 Å². The van der Waals surface area contributed by atoms with Gasteiger partial charge >= 0.3 is 0 Å². The third-order valence-corrected chi connectivity index (χ3v) is 3.71. The quantitative estimate of drug-likeness (QED) is 0.815. The Morgan fingerprint density at radius 1 is 1.17 bits per heavy atom. The Morgan fingerprint density at radius 2 is 1.89 bits per heavy atom. The molecule has 2 unspecified atom stereocenters. The van der Waals surface area contributed by atoms with Gasteiger partial charge in [-0.25, -0.2) is 0 Å². The highest BCUT2D eigenvalue weighted by molar-refractivity contribution is 14.1. The average molecular weight is 355 g/mol. The summed E-state index contributed by atoms with van der Waals surface area (Å²) < 4.78 is 6.64. The van der Waals surface area contributed by atoms with E-state index < -0.39 is 0 Å². The molecule has 2 aromatic rings. The van der Waals surface area contributed by atoms with Gasteiger partial charge in [0.25, 0.3) is 0 Å². The number of halogens is 1. The van der Waals surface area contributed by atoms with Crippen LogP contribution < -0.4 is 5.32 Å². The molecule has 0 bridgehead atoms. The third kappa shape index (κ3) is 3.85. The van der Waals surface area contributed by atoms with Crippen molar-refractivity contribution >= 4 is 22.6 Å². The van der Waals surface area contributed by atoms with Gasteiger partial charge in [-0.3, -0.25) is 0 Å². The van der Waals surface area contributed by atoms with Gasteiger partial charge in [0.05, 0.1) is 6.26 Å². The molecule has 18 heavy (non-hydrogen) atoms. The second-order valence-corrected chi connectivity index (χ2v) is 5.87. The Bertz CT molecular complexity index is 464. The molecule has 1 N–H and O–H groups in total. The molecule has 0 aliphatic heterocycles. The summed E-state index contributed by atoms with van der Waals surface area (Å²) in [4.78, 5) is 0. The van der Waals surface area contributed by atoms with Gasteiger partial charge in [0, 0.05) is 22.1 Å². The van der Waals surface area contributed by atoms with Gasteiger partial charge in [0.2, 0.25) is 0 Å². The van der Waals surface area contributed by atoms with E-state index in [0.717, 1.165) is 12.2 Å². The fraction of sp³-hybridized carbons (Fsp3) is 0.333. The molecule has 0 saturated heterocycles. The molecule has 0 aliphatic rings. The molecule has 0 aliphatic carbocycles. The average Bonchev–Trinajstić information content (AvgIpc) is 2.82. The van der Waals surface area contributed by atoms with E-state index in [4.69, 9.17) is 4.42 Å². The van der Waals surface area contributed by atoms with Crippen LogP contribution in [0.1, 0.15) is 31.2 Å². The Labute approximate surface area is 122 Å². The van der Waals surface area contributed by atoms with E-state index in [1.807, 2.05) is 12.1 Å². The number of nitrogens with one attached hydrogen (secondary N) is 1. The minimum absolute atomic E-state index is 0.354. The van der Waals surface area contributed by atoms with Crippen LogP contribution in [0, 0.1) is 3.57 Å². The van der Waals surface area contributed by atoms with Crippen molar-refractivity contribution in [3.05, 3.63) is 57.6 Å². The predicted molar refractivity (Wildman–Crippen MR) is 82.6 cm³/mol. The first-order valence-corrected chi connectivity index (χ1v) is 7.27. The van der Waals surface area contributed by atoms with E-state index in [1.54, 1.807) is 6.26 Å². The standard InChI is InChI=1S/C15H18INO/c1-11(10-15-4-3-9-18-15)17-12(2)13-5-7-14(16)8-6-13/h3-9,11-12,17H,10H2,1-2H3. The summed E-state index contributed by atoms with van der Waals surface area (Å²) in [5, 5.41) is 3.59. The molecule has 2 atom stereocenters. The minimum Gasteiger partial charge on any atom is -0.469 e. The lowest BCUT2D eigenvalue weighted by Gasteiger charge is -2.19. The van der Waals surface area contributed by atoms with Crippen molar-refractivity contribution in [1.29, 1.82) is 0 Å². The first-order chi connectivity index (χ1) is 8.65. The Morgan fingerprint density at radius 3 is 2.50 bits per heavy atom. The van der Waals surface area contributed by atoms with Gasteiger partial charge in [-0.2, -0.15) is 0 Å². The van der Waals surface area contributed by atoms with Crippen LogP contribution in [0.15, 0.2) is 47.1 Å². The maximum Gasteiger partial charge on any atom is 0.105 e. The number of benzene rings is 1. The largest absolute Gasteiger partial charge is 0.469 e. The van der Waals surface area contributed by atoms with Crippen molar-refractivity contribution < 1.29 is 4.42 Å². The van der Waals surface area contributed by atoms with Gasteiger partial charge < -0.3 is 9.73 Å². The lowest BCUT2D eigenvalue weighted by molar-refractivity contribution is 0.429. The molecule has 0 amide bonds. The molecule has 3 heteroatoms. The Hall–Kier alpha value is -0.810. The van der Waals surface area contributed by atoms with Crippen LogP contribution in [0.25, 0.3) is 0 Å². The highest BCUT2D eigenvalue weighted by Crippen LogP contribution is 2.16. The number of rotatable bonds is 5. The summed E-state index contributed by atoms with van der Waals surface area (Å²) in [6.45, 7) is 4.38. The van der Waals surface area contributed by atoms with E-state index in [1.165, 1.54) is 9.13 Å². The second kappa shape index (κ2) is 6.38. The molecule has 1 aromatic carbocycles. The van der Waals surface area contributed by atoms with Gasteiger partial charge in [0.15, 0.2) is 0 Å². The van der Waals surface area contributed by atoms with Gasteiger partial charge in [-0.15, -0.1) is 0 Å². The zero-order chi connectivity index (χ0) is 13.0. The van der Waals surface area contributed by atoms with Crippen molar-refractivity contribution in [2.24, 2.45) is 0 Å². The minimum atomic E-state index is 0.354. The molecule has 1 heterocycles. The van der Waals surface area contributed by atoms with E-state index >= 15 is 0 Å². The van der Waals surface area contributed by atoms with Crippen LogP contribution in [0.5, 0.6) is 0 Å².